The molecule has 0 unspecified atom stereocenters. The average molecular weight is 671 g/mol. The molecule has 0 aliphatic rings. The lowest BCUT2D eigenvalue weighted by molar-refractivity contribution is -0.161. The van der Waals surface area contributed by atoms with Gasteiger partial charge in [0.15, 0.2) is 6.10 Å². The predicted octanol–water partition coefficient (Wildman–Crippen LogP) is 10.6. The zero-order valence-corrected chi connectivity index (χ0v) is 30.1. The number of unbranched alkanes of at least 4 members (excludes halogenated alkanes) is 17. The molecule has 0 aromatic carbocycles. The minimum absolute atomic E-state index is 0.198. The van der Waals surface area contributed by atoms with Crippen LogP contribution in [0.15, 0.2) is 36.5 Å². The Balaban J connectivity index is 4.02. The van der Waals surface area contributed by atoms with Crippen molar-refractivity contribution < 1.29 is 37.9 Å². The number of allylic oxidation sites excluding steroid dienone is 6. The maximum atomic E-state index is 12.3. The van der Waals surface area contributed by atoms with Crippen molar-refractivity contribution in [3.63, 3.8) is 0 Å². The molecule has 0 rings (SSSR count). The molecule has 268 valence electrons. The van der Waals surface area contributed by atoms with E-state index >= 15 is 0 Å². The van der Waals surface area contributed by atoms with Crippen LogP contribution in [0.3, 0.4) is 0 Å². The maximum Gasteiger partial charge on any atom is 0.469 e. The van der Waals surface area contributed by atoms with Gasteiger partial charge in [-0.05, 0) is 70.6 Å². The number of phosphoric acid groups is 1. The topological polar surface area (TPSA) is 119 Å². The highest BCUT2D eigenvalue weighted by molar-refractivity contribution is 7.46. The Labute approximate surface area is 281 Å². The molecule has 0 aliphatic carbocycles. The first kappa shape index (κ1) is 44.3. The first-order chi connectivity index (χ1) is 22.3. The second-order valence-electron chi connectivity index (χ2n) is 12.2. The molecule has 0 aliphatic heterocycles. The van der Waals surface area contributed by atoms with Gasteiger partial charge < -0.3 is 19.3 Å². The zero-order chi connectivity index (χ0) is 34.0. The summed E-state index contributed by atoms with van der Waals surface area (Å²) in [5.41, 5.74) is 0. The first-order valence-electron chi connectivity index (χ1n) is 18.3. The molecule has 0 aromatic heterocycles. The summed E-state index contributed by atoms with van der Waals surface area (Å²) >= 11 is 0. The van der Waals surface area contributed by atoms with E-state index in [0.29, 0.717) is 12.8 Å². The SMILES string of the molecule is CCCCC/C=C\C/C=C\CCCCCCCC(=O)OC[C@H](COP(=O)(O)O)OC(=O)CCCCCCC/C=C\CCCCCC. The van der Waals surface area contributed by atoms with Crippen LogP contribution in [-0.4, -0.2) is 41.0 Å². The number of phosphoric ester groups is 1. The van der Waals surface area contributed by atoms with Gasteiger partial charge in [-0.15, -0.1) is 0 Å². The summed E-state index contributed by atoms with van der Waals surface area (Å²) in [6, 6.07) is 0. The Morgan fingerprint density at radius 1 is 0.565 bits per heavy atom. The van der Waals surface area contributed by atoms with Crippen molar-refractivity contribution in [3.05, 3.63) is 36.5 Å². The summed E-state index contributed by atoms with van der Waals surface area (Å²) in [5, 5.41) is 0. The minimum Gasteiger partial charge on any atom is -0.462 e. The van der Waals surface area contributed by atoms with Crippen LogP contribution >= 0.6 is 7.82 Å². The van der Waals surface area contributed by atoms with Crippen LogP contribution in [0, 0.1) is 0 Å². The Morgan fingerprint density at radius 3 is 1.50 bits per heavy atom. The van der Waals surface area contributed by atoms with E-state index < -0.39 is 32.5 Å². The fraction of sp³-hybridized carbons (Fsp3) is 0.784. The molecule has 0 radical (unpaired) electrons. The summed E-state index contributed by atoms with van der Waals surface area (Å²) in [6.07, 6.45) is 37.2. The van der Waals surface area contributed by atoms with E-state index in [1.807, 2.05) is 0 Å². The summed E-state index contributed by atoms with van der Waals surface area (Å²) in [7, 11) is -4.75. The van der Waals surface area contributed by atoms with Crippen LogP contribution in [0.2, 0.25) is 0 Å². The van der Waals surface area contributed by atoms with E-state index in [-0.39, 0.29) is 19.4 Å². The third kappa shape index (κ3) is 35.1. The smallest absolute Gasteiger partial charge is 0.462 e. The molecule has 0 aromatic rings. The third-order valence-corrected chi connectivity index (χ3v) is 8.12. The van der Waals surface area contributed by atoms with E-state index in [4.69, 9.17) is 19.3 Å². The van der Waals surface area contributed by atoms with Gasteiger partial charge >= 0.3 is 19.8 Å². The van der Waals surface area contributed by atoms with Crippen molar-refractivity contribution >= 4 is 19.8 Å². The van der Waals surface area contributed by atoms with Gasteiger partial charge in [0.25, 0.3) is 0 Å². The summed E-state index contributed by atoms with van der Waals surface area (Å²) < 4.78 is 26.2. The van der Waals surface area contributed by atoms with E-state index in [9.17, 15) is 14.2 Å². The van der Waals surface area contributed by atoms with Crippen molar-refractivity contribution in [1.29, 1.82) is 0 Å². The van der Waals surface area contributed by atoms with Gasteiger partial charge in [0.05, 0.1) is 6.61 Å². The zero-order valence-electron chi connectivity index (χ0n) is 29.2. The first-order valence-corrected chi connectivity index (χ1v) is 19.8. The monoisotopic (exact) mass is 670 g/mol. The van der Waals surface area contributed by atoms with Crippen LogP contribution in [0.1, 0.15) is 168 Å². The van der Waals surface area contributed by atoms with Crippen LogP contribution in [0.25, 0.3) is 0 Å². The highest BCUT2D eigenvalue weighted by atomic mass is 31.2. The number of hydrogen-bond donors (Lipinski definition) is 2. The molecule has 0 spiro atoms. The molecule has 0 heterocycles. The number of ether oxygens (including phenoxy) is 2. The maximum absolute atomic E-state index is 12.3. The Bertz CT molecular complexity index is 848. The van der Waals surface area contributed by atoms with Gasteiger partial charge in [-0.3, -0.25) is 14.1 Å². The molecule has 0 amide bonds. The Kier molecular flexibility index (Phi) is 31.9. The summed E-state index contributed by atoms with van der Waals surface area (Å²) in [6.45, 7) is 3.60. The van der Waals surface area contributed by atoms with Crippen molar-refractivity contribution in [1.82, 2.24) is 0 Å². The fourth-order valence-electron chi connectivity index (χ4n) is 4.87. The average Bonchev–Trinajstić information content (AvgIpc) is 3.02. The molecule has 0 saturated carbocycles. The van der Waals surface area contributed by atoms with Gasteiger partial charge in [0, 0.05) is 12.8 Å². The highest BCUT2D eigenvalue weighted by Crippen LogP contribution is 2.36. The molecule has 1 atom stereocenters. The largest absolute Gasteiger partial charge is 0.469 e. The van der Waals surface area contributed by atoms with E-state index in [0.717, 1.165) is 77.0 Å². The van der Waals surface area contributed by atoms with E-state index in [2.05, 4.69) is 54.8 Å². The summed E-state index contributed by atoms with van der Waals surface area (Å²) in [4.78, 5) is 42.6. The molecule has 2 N–H and O–H groups in total. The van der Waals surface area contributed by atoms with Crippen molar-refractivity contribution in [2.75, 3.05) is 13.2 Å². The Morgan fingerprint density at radius 2 is 0.978 bits per heavy atom. The highest BCUT2D eigenvalue weighted by Gasteiger charge is 2.22. The third-order valence-electron chi connectivity index (χ3n) is 7.63. The minimum atomic E-state index is -4.75. The standard InChI is InChI=1S/C37H67O8P/c1-3-5-7-9-11-13-15-17-18-20-21-23-25-27-29-31-36(38)43-33-35(34-44-46(40,41)42)45-37(39)32-30-28-26-24-22-19-16-14-12-10-8-6-4-2/h11,13-14,16-18,35H,3-10,12,15,19-34H2,1-2H3,(H2,40,41,42)/b13-11-,16-14-,18-17-/t35-/m1/s1. The number of carbonyl (C=O) groups excluding carboxylic acids is 2. The van der Waals surface area contributed by atoms with E-state index in [1.165, 1.54) is 51.4 Å². The number of hydrogen-bond acceptors (Lipinski definition) is 6. The molecular weight excluding hydrogens is 603 g/mol. The van der Waals surface area contributed by atoms with Gasteiger partial charge in [0.1, 0.15) is 6.61 Å². The number of rotatable bonds is 33. The molecule has 0 saturated heterocycles. The van der Waals surface area contributed by atoms with Crippen LogP contribution in [-0.2, 0) is 28.2 Å². The van der Waals surface area contributed by atoms with E-state index in [1.54, 1.807) is 0 Å². The van der Waals surface area contributed by atoms with Gasteiger partial charge in [-0.2, -0.15) is 0 Å². The van der Waals surface area contributed by atoms with Gasteiger partial charge in [0.2, 0.25) is 0 Å². The lowest BCUT2D eigenvalue weighted by atomic mass is 10.1. The lowest BCUT2D eigenvalue weighted by Gasteiger charge is -2.18. The van der Waals surface area contributed by atoms with Crippen molar-refractivity contribution in [3.8, 4) is 0 Å². The molecule has 8 nitrogen and oxygen atoms in total. The van der Waals surface area contributed by atoms with Crippen LogP contribution in [0.5, 0.6) is 0 Å². The summed E-state index contributed by atoms with van der Waals surface area (Å²) in [5.74, 6) is -0.913. The van der Waals surface area contributed by atoms with Crippen molar-refractivity contribution in [2.24, 2.45) is 0 Å². The molecule has 0 fully saturated rings. The second-order valence-corrected chi connectivity index (χ2v) is 13.4. The molecule has 46 heavy (non-hydrogen) atoms. The van der Waals surface area contributed by atoms with Gasteiger partial charge in [-0.25, -0.2) is 4.57 Å². The quantitative estimate of drug-likeness (QED) is 0.0306. The predicted molar refractivity (Wildman–Crippen MR) is 188 cm³/mol. The van der Waals surface area contributed by atoms with Crippen LogP contribution in [0.4, 0.5) is 0 Å². The number of esters is 2. The van der Waals surface area contributed by atoms with Crippen LogP contribution < -0.4 is 0 Å². The second kappa shape index (κ2) is 33.2. The molecule has 0 bridgehead atoms. The van der Waals surface area contributed by atoms with Gasteiger partial charge in [-0.1, -0.05) is 121 Å². The number of carbonyl (C=O) groups is 2. The normalized spacial score (nSPS) is 12.9. The fourth-order valence-corrected chi connectivity index (χ4v) is 5.23. The lowest BCUT2D eigenvalue weighted by Crippen LogP contribution is -2.29. The van der Waals surface area contributed by atoms with Crippen molar-refractivity contribution in [2.45, 2.75) is 174 Å². The Hall–Kier alpha value is -1.73. The molecular formula is C37H67O8P. The molecule has 9 heteroatoms.